The van der Waals surface area contributed by atoms with Crippen molar-refractivity contribution in [1.29, 1.82) is 0 Å². The van der Waals surface area contributed by atoms with Gasteiger partial charge in [0.1, 0.15) is 5.75 Å². The zero-order chi connectivity index (χ0) is 12.3. The van der Waals surface area contributed by atoms with Crippen LogP contribution in [0.15, 0.2) is 36.7 Å². The Morgan fingerprint density at radius 1 is 1.24 bits per heavy atom. The van der Waals surface area contributed by atoms with E-state index in [2.05, 4.69) is 22.4 Å². The highest BCUT2D eigenvalue weighted by atomic mass is 16.3. The molecule has 0 bridgehead atoms. The Morgan fingerprint density at radius 2 is 2.00 bits per heavy atom. The number of aromatic nitrogens is 2. The molecule has 3 N–H and O–H groups in total. The fourth-order valence-electron chi connectivity index (χ4n) is 1.91. The van der Waals surface area contributed by atoms with Crippen molar-refractivity contribution in [2.45, 2.75) is 25.9 Å². The monoisotopic (exact) mass is 231 g/mol. The van der Waals surface area contributed by atoms with Crippen molar-refractivity contribution >= 4 is 0 Å². The molecule has 0 spiro atoms. The standard InChI is InChI=1S/C13H17N3O/c1-9(11-7-14-15-8-11)16-10(2)12-5-3-4-6-13(12)17/h3-10,16-17H,1-2H3,(H,14,15). The molecule has 2 aromatic rings. The molecule has 4 heteroatoms. The van der Waals surface area contributed by atoms with Crippen LogP contribution in [-0.4, -0.2) is 15.3 Å². The fourth-order valence-corrected chi connectivity index (χ4v) is 1.91. The van der Waals surface area contributed by atoms with Gasteiger partial charge in [0, 0.05) is 29.4 Å². The van der Waals surface area contributed by atoms with E-state index in [1.807, 2.05) is 31.3 Å². The molecule has 0 fully saturated rings. The summed E-state index contributed by atoms with van der Waals surface area (Å²) in [5.41, 5.74) is 2.01. The molecule has 0 saturated heterocycles. The van der Waals surface area contributed by atoms with E-state index in [4.69, 9.17) is 0 Å². The van der Waals surface area contributed by atoms with Crippen LogP contribution in [0.5, 0.6) is 5.75 Å². The molecule has 0 saturated carbocycles. The third kappa shape index (κ3) is 2.65. The average molecular weight is 231 g/mol. The highest BCUT2D eigenvalue weighted by Gasteiger charge is 2.13. The van der Waals surface area contributed by atoms with E-state index >= 15 is 0 Å². The minimum atomic E-state index is 0.0844. The molecule has 0 aliphatic carbocycles. The number of aromatic hydroxyl groups is 1. The minimum Gasteiger partial charge on any atom is -0.508 e. The number of hydrogen-bond donors (Lipinski definition) is 3. The molecule has 1 heterocycles. The van der Waals surface area contributed by atoms with Gasteiger partial charge in [0.2, 0.25) is 0 Å². The van der Waals surface area contributed by atoms with Crippen LogP contribution in [0.2, 0.25) is 0 Å². The number of benzene rings is 1. The first-order chi connectivity index (χ1) is 8.18. The first-order valence-corrected chi connectivity index (χ1v) is 5.71. The van der Waals surface area contributed by atoms with Gasteiger partial charge in [-0.05, 0) is 19.9 Å². The number of nitrogens with one attached hydrogen (secondary N) is 2. The molecular formula is C13H17N3O. The second-order valence-electron chi connectivity index (χ2n) is 4.20. The molecule has 0 radical (unpaired) electrons. The Balaban J connectivity index is 2.07. The minimum absolute atomic E-state index is 0.0844. The molecule has 17 heavy (non-hydrogen) atoms. The Hall–Kier alpha value is -1.81. The summed E-state index contributed by atoms with van der Waals surface area (Å²) in [4.78, 5) is 0. The van der Waals surface area contributed by atoms with Crippen LogP contribution in [-0.2, 0) is 0 Å². The Bertz CT molecular complexity index is 467. The molecule has 4 nitrogen and oxygen atoms in total. The predicted molar refractivity (Wildman–Crippen MR) is 66.7 cm³/mol. The maximum atomic E-state index is 9.77. The summed E-state index contributed by atoms with van der Waals surface area (Å²) in [6.07, 6.45) is 3.67. The molecule has 0 aliphatic heterocycles. The Kier molecular flexibility index (Phi) is 3.44. The van der Waals surface area contributed by atoms with Crippen LogP contribution >= 0.6 is 0 Å². The van der Waals surface area contributed by atoms with Gasteiger partial charge in [0.15, 0.2) is 0 Å². The average Bonchev–Trinajstić information content (AvgIpc) is 2.82. The smallest absolute Gasteiger partial charge is 0.120 e. The van der Waals surface area contributed by atoms with Gasteiger partial charge >= 0.3 is 0 Å². The quantitative estimate of drug-likeness (QED) is 0.757. The number of phenols is 1. The predicted octanol–water partition coefficient (Wildman–Crippen LogP) is 2.53. The summed E-state index contributed by atoms with van der Waals surface area (Å²) < 4.78 is 0. The lowest BCUT2D eigenvalue weighted by Gasteiger charge is -2.20. The van der Waals surface area contributed by atoms with Gasteiger partial charge in [-0.1, -0.05) is 18.2 Å². The number of phenolic OH excluding ortho intramolecular Hbond substituents is 1. The van der Waals surface area contributed by atoms with Crippen molar-refractivity contribution in [2.24, 2.45) is 0 Å². The number of aromatic amines is 1. The van der Waals surface area contributed by atoms with Crippen molar-refractivity contribution in [2.75, 3.05) is 0 Å². The Labute approximate surface area is 101 Å². The summed E-state index contributed by atoms with van der Waals surface area (Å²) in [5.74, 6) is 0.326. The van der Waals surface area contributed by atoms with Gasteiger partial charge in [0.05, 0.1) is 6.20 Å². The third-order valence-corrected chi connectivity index (χ3v) is 2.92. The van der Waals surface area contributed by atoms with E-state index in [1.165, 1.54) is 0 Å². The van der Waals surface area contributed by atoms with E-state index in [1.54, 1.807) is 12.3 Å². The second-order valence-corrected chi connectivity index (χ2v) is 4.20. The molecule has 0 amide bonds. The topological polar surface area (TPSA) is 60.9 Å². The summed E-state index contributed by atoms with van der Waals surface area (Å²) in [5, 5.41) is 19.9. The molecule has 90 valence electrons. The third-order valence-electron chi connectivity index (χ3n) is 2.92. The van der Waals surface area contributed by atoms with Gasteiger partial charge in [-0.15, -0.1) is 0 Å². The highest BCUT2D eigenvalue weighted by Crippen LogP contribution is 2.25. The molecular weight excluding hydrogens is 214 g/mol. The molecule has 2 unspecified atom stereocenters. The van der Waals surface area contributed by atoms with Gasteiger partial charge in [-0.2, -0.15) is 5.10 Å². The van der Waals surface area contributed by atoms with Crippen molar-refractivity contribution in [3.05, 3.63) is 47.8 Å². The van der Waals surface area contributed by atoms with Crippen molar-refractivity contribution in [3.8, 4) is 5.75 Å². The van der Waals surface area contributed by atoms with Crippen molar-refractivity contribution in [1.82, 2.24) is 15.5 Å². The fraction of sp³-hybridized carbons (Fsp3) is 0.308. The van der Waals surface area contributed by atoms with Gasteiger partial charge in [-0.3, -0.25) is 5.10 Å². The maximum absolute atomic E-state index is 9.77. The molecule has 0 aliphatic rings. The number of H-pyrrole nitrogens is 1. The van der Waals surface area contributed by atoms with E-state index in [-0.39, 0.29) is 12.1 Å². The van der Waals surface area contributed by atoms with Crippen LogP contribution in [0.1, 0.15) is 37.1 Å². The van der Waals surface area contributed by atoms with E-state index < -0.39 is 0 Å². The number of nitrogens with zero attached hydrogens (tertiary/aromatic N) is 1. The number of para-hydroxylation sites is 1. The van der Waals surface area contributed by atoms with Gasteiger partial charge in [0.25, 0.3) is 0 Å². The van der Waals surface area contributed by atoms with Gasteiger partial charge in [-0.25, -0.2) is 0 Å². The van der Waals surface area contributed by atoms with E-state index in [0.717, 1.165) is 11.1 Å². The van der Waals surface area contributed by atoms with Crippen LogP contribution < -0.4 is 5.32 Å². The summed E-state index contributed by atoms with van der Waals surface area (Å²) in [6.45, 7) is 4.10. The van der Waals surface area contributed by atoms with Crippen molar-refractivity contribution < 1.29 is 5.11 Å². The molecule has 1 aromatic heterocycles. The van der Waals surface area contributed by atoms with Crippen LogP contribution in [0, 0.1) is 0 Å². The number of hydrogen-bond acceptors (Lipinski definition) is 3. The second kappa shape index (κ2) is 5.01. The normalized spacial score (nSPS) is 14.5. The first kappa shape index (κ1) is 11.7. The summed E-state index contributed by atoms with van der Waals surface area (Å²) in [7, 11) is 0. The lowest BCUT2D eigenvalue weighted by Crippen LogP contribution is -2.22. The Morgan fingerprint density at radius 3 is 2.65 bits per heavy atom. The maximum Gasteiger partial charge on any atom is 0.120 e. The van der Waals surface area contributed by atoms with Crippen LogP contribution in [0.4, 0.5) is 0 Å². The lowest BCUT2D eigenvalue weighted by atomic mass is 10.1. The molecule has 2 rings (SSSR count). The highest BCUT2D eigenvalue weighted by molar-refractivity contribution is 5.34. The van der Waals surface area contributed by atoms with E-state index in [0.29, 0.717) is 5.75 Å². The largest absolute Gasteiger partial charge is 0.508 e. The summed E-state index contributed by atoms with van der Waals surface area (Å²) >= 11 is 0. The van der Waals surface area contributed by atoms with E-state index in [9.17, 15) is 5.11 Å². The number of rotatable bonds is 4. The zero-order valence-corrected chi connectivity index (χ0v) is 10.0. The van der Waals surface area contributed by atoms with Gasteiger partial charge < -0.3 is 10.4 Å². The summed E-state index contributed by atoms with van der Waals surface area (Å²) in [6, 6.07) is 7.65. The van der Waals surface area contributed by atoms with Crippen LogP contribution in [0.25, 0.3) is 0 Å². The molecule has 2 atom stereocenters. The zero-order valence-electron chi connectivity index (χ0n) is 10.0. The van der Waals surface area contributed by atoms with Crippen LogP contribution in [0.3, 0.4) is 0 Å². The lowest BCUT2D eigenvalue weighted by molar-refractivity contribution is 0.438. The SMILES string of the molecule is CC(NC(C)c1ccccc1O)c1cn[nH]c1. The molecule has 1 aromatic carbocycles. The van der Waals surface area contributed by atoms with Crippen molar-refractivity contribution in [3.63, 3.8) is 0 Å². The first-order valence-electron chi connectivity index (χ1n) is 5.71.